The molecule has 0 unspecified atom stereocenters. The highest BCUT2D eigenvalue weighted by molar-refractivity contribution is 5.73. The van der Waals surface area contributed by atoms with Crippen molar-refractivity contribution in [2.45, 2.75) is 38.9 Å². The van der Waals surface area contributed by atoms with Gasteiger partial charge in [0.15, 0.2) is 6.10 Å². The van der Waals surface area contributed by atoms with Gasteiger partial charge >= 0.3 is 12.1 Å². The van der Waals surface area contributed by atoms with Crippen LogP contribution >= 0.6 is 0 Å². The number of hydrogen-bond acceptors (Lipinski definition) is 4. The Bertz CT molecular complexity index is 452. The molecule has 0 bridgehead atoms. The maximum Gasteiger partial charge on any atom is 0.431 e. The number of amides is 1. The first-order valence-electron chi connectivity index (χ1n) is 6.19. The number of nitrogens with one attached hydrogen (secondary N) is 1. The van der Waals surface area contributed by atoms with E-state index in [2.05, 4.69) is 0 Å². The van der Waals surface area contributed by atoms with Crippen LogP contribution in [0.3, 0.4) is 0 Å². The fourth-order valence-corrected chi connectivity index (χ4v) is 1.43. The van der Waals surface area contributed by atoms with Gasteiger partial charge in [0.2, 0.25) is 0 Å². The molecule has 20 heavy (non-hydrogen) atoms. The third kappa shape index (κ3) is 6.19. The minimum Gasteiger partial charge on any atom is -0.479 e. The van der Waals surface area contributed by atoms with Crippen LogP contribution in [0, 0.1) is 0 Å². The zero-order valence-electron chi connectivity index (χ0n) is 11.8. The standard InChI is InChI=1S/C14H19NO5/c1-14(2,3)19-13(18)15-20-11(12(16)17)9-10-7-5-4-6-8-10/h4-8,11H,9H2,1-3H3,(H,15,18)(H,16,17)/t11-/m0/s1. The van der Waals surface area contributed by atoms with Crippen molar-refractivity contribution in [2.24, 2.45) is 0 Å². The molecule has 0 aliphatic heterocycles. The zero-order valence-corrected chi connectivity index (χ0v) is 11.8. The van der Waals surface area contributed by atoms with Crippen molar-refractivity contribution < 1.29 is 24.3 Å². The molecule has 110 valence electrons. The van der Waals surface area contributed by atoms with E-state index >= 15 is 0 Å². The van der Waals surface area contributed by atoms with E-state index in [-0.39, 0.29) is 6.42 Å². The third-order valence-electron chi connectivity index (χ3n) is 2.22. The van der Waals surface area contributed by atoms with E-state index in [0.717, 1.165) is 5.56 Å². The molecule has 1 amide bonds. The lowest BCUT2D eigenvalue weighted by molar-refractivity contribution is -0.154. The number of carbonyl (C=O) groups is 2. The Morgan fingerprint density at radius 2 is 1.85 bits per heavy atom. The van der Waals surface area contributed by atoms with Crippen LogP contribution < -0.4 is 5.48 Å². The lowest BCUT2D eigenvalue weighted by Gasteiger charge is -2.20. The first-order valence-corrected chi connectivity index (χ1v) is 6.19. The zero-order chi connectivity index (χ0) is 15.2. The Labute approximate surface area is 117 Å². The number of carbonyl (C=O) groups excluding carboxylic acids is 1. The largest absolute Gasteiger partial charge is 0.479 e. The Balaban J connectivity index is 2.52. The van der Waals surface area contributed by atoms with Crippen LogP contribution in [0.5, 0.6) is 0 Å². The maximum atomic E-state index is 11.4. The van der Waals surface area contributed by atoms with Gasteiger partial charge in [-0.3, -0.25) is 4.84 Å². The smallest absolute Gasteiger partial charge is 0.431 e. The predicted molar refractivity (Wildman–Crippen MR) is 72.0 cm³/mol. The molecule has 0 aliphatic rings. The molecule has 0 saturated heterocycles. The van der Waals surface area contributed by atoms with E-state index in [0.29, 0.717) is 0 Å². The summed E-state index contributed by atoms with van der Waals surface area (Å²) in [6, 6.07) is 9.00. The van der Waals surface area contributed by atoms with Crippen LogP contribution in [0.2, 0.25) is 0 Å². The first kappa shape index (κ1) is 16.0. The summed E-state index contributed by atoms with van der Waals surface area (Å²) >= 11 is 0. The van der Waals surface area contributed by atoms with Gasteiger partial charge in [0.25, 0.3) is 0 Å². The number of carboxylic acids is 1. The topological polar surface area (TPSA) is 84.9 Å². The number of hydrogen-bond donors (Lipinski definition) is 2. The summed E-state index contributed by atoms with van der Waals surface area (Å²) in [6.07, 6.45) is -1.85. The summed E-state index contributed by atoms with van der Waals surface area (Å²) in [7, 11) is 0. The van der Waals surface area contributed by atoms with Gasteiger partial charge < -0.3 is 9.84 Å². The molecule has 1 atom stereocenters. The van der Waals surface area contributed by atoms with Crippen LogP contribution in [0.15, 0.2) is 30.3 Å². The Hall–Kier alpha value is -2.08. The second-order valence-electron chi connectivity index (χ2n) is 5.24. The molecule has 1 aromatic rings. The lowest BCUT2D eigenvalue weighted by Crippen LogP contribution is -2.38. The number of rotatable bonds is 5. The average molecular weight is 281 g/mol. The van der Waals surface area contributed by atoms with Crippen molar-refractivity contribution in [1.82, 2.24) is 5.48 Å². The van der Waals surface area contributed by atoms with E-state index in [1.54, 1.807) is 45.0 Å². The van der Waals surface area contributed by atoms with Gasteiger partial charge in [-0.2, -0.15) is 5.48 Å². The summed E-state index contributed by atoms with van der Waals surface area (Å²) in [5, 5.41) is 9.06. The summed E-state index contributed by atoms with van der Waals surface area (Å²) in [6.45, 7) is 5.10. The van der Waals surface area contributed by atoms with Gasteiger partial charge in [-0.25, -0.2) is 9.59 Å². The molecule has 0 aliphatic carbocycles. The second kappa shape index (κ2) is 6.91. The van der Waals surface area contributed by atoms with E-state index in [1.165, 1.54) is 0 Å². The molecule has 0 heterocycles. The molecule has 2 N–H and O–H groups in total. The summed E-state index contributed by atoms with van der Waals surface area (Å²) in [5.41, 5.74) is 2.12. The first-order chi connectivity index (χ1) is 9.28. The molecule has 6 heteroatoms. The predicted octanol–water partition coefficient (Wildman–Crippen LogP) is 2.14. The van der Waals surface area contributed by atoms with Crippen LogP contribution in [-0.2, 0) is 20.8 Å². The van der Waals surface area contributed by atoms with Gasteiger partial charge in [0, 0.05) is 6.42 Å². The van der Waals surface area contributed by atoms with Gasteiger partial charge in [0.1, 0.15) is 5.60 Å². The number of hydroxylamine groups is 1. The van der Waals surface area contributed by atoms with Gasteiger partial charge in [-0.15, -0.1) is 0 Å². The highest BCUT2D eigenvalue weighted by atomic mass is 16.7. The summed E-state index contributed by atoms with van der Waals surface area (Å²) in [4.78, 5) is 27.4. The molecule has 0 saturated carbocycles. The van der Waals surface area contributed by atoms with E-state index < -0.39 is 23.8 Å². The number of aliphatic carboxylic acids is 1. The van der Waals surface area contributed by atoms with E-state index in [1.807, 2.05) is 11.5 Å². The fraction of sp³-hybridized carbons (Fsp3) is 0.429. The summed E-state index contributed by atoms with van der Waals surface area (Å²) in [5.74, 6) is -1.16. The summed E-state index contributed by atoms with van der Waals surface area (Å²) < 4.78 is 4.95. The molecule has 1 aromatic carbocycles. The Morgan fingerprint density at radius 3 is 2.35 bits per heavy atom. The van der Waals surface area contributed by atoms with Crippen molar-refractivity contribution in [3.8, 4) is 0 Å². The van der Waals surface area contributed by atoms with Crippen molar-refractivity contribution >= 4 is 12.1 Å². The quantitative estimate of drug-likeness (QED) is 0.808. The van der Waals surface area contributed by atoms with Crippen molar-refractivity contribution in [1.29, 1.82) is 0 Å². The molecule has 0 fully saturated rings. The van der Waals surface area contributed by atoms with Gasteiger partial charge in [-0.05, 0) is 26.3 Å². The number of carboxylic acid groups (broad SMARTS) is 1. The maximum absolute atomic E-state index is 11.4. The van der Waals surface area contributed by atoms with Crippen molar-refractivity contribution in [3.63, 3.8) is 0 Å². The fourth-order valence-electron chi connectivity index (χ4n) is 1.43. The number of ether oxygens (including phenoxy) is 1. The molecular weight excluding hydrogens is 262 g/mol. The Morgan fingerprint density at radius 1 is 1.25 bits per heavy atom. The molecule has 0 aromatic heterocycles. The number of benzene rings is 1. The SMILES string of the molecule is CC(C)(C)OC(=O)NO[C@@H](Cc1ccccc1)C(=O)O. The Kier molecular flexibility index (Phi) is 5.52. The molecule has 1 rings (SSSR count). The lowest BCUT2D eigenvalue weighted by atomic mass is 10.1. The van der Waals surface area contributed by atoms with Gasteiger partial charge in [0.05, 0.1) is 0 Å². The minimum atomic E-state index is -1.18. The van der Waals surface area contributed by atoms with E-state index in [4.69, 9.17) is 14.7 Å². The highest BCUT2D eigenvalue weighted by Gasteiger charge is 2.22. The molecule has 0 radical (unpaired) electrons. The van der Waals surface area contributed by atoms with Crippen LogP contribution in [-0.4, -0.2) is 28.9 Å². The molecule has 0 spiro atoms. The van der Waals surface area contributed by atoms with Crippen LogP contribution in [0.25, 0.3) is 0 Å². The third-order valence-corrected chi connectivity index (χ3v) is 2.22. The molecular formula is C14H19NO5. The molecule has 6 nitrogen and oxygen atoms in total. The minimum absolute atomic E-state index is 0.145. The van der Waals surface area contributed by atoms with Crippen molar-refractivity contribution in [2.75, 3.05) is 0 Å². The normalized spacial score (nSPS) is 12.6. The monoisotopic (exact) mass is 281 g/mol. The van der Waals surface area contributed by atoms with Crippen LogP contribution in [0.1, 0.15) is 26.3 Å². The van der Waals surface area contributed by atoms with E-state index in [9.17, 15) is 9.59 Å². The van der Waals surface area contributed by atoms with Crippen molar-refractivity contribution in [3.05, 3.63) is 35.9 Å². The second-order valence-corrected chi connectivity index (χ2v) is 5.24. The average Bonchev–Trinajstić information content (AvgIpc) is 2.33. The van der Waals surface area contributed by atoms with Gasteiger partial charge in [-0.1, -0.05) is 30.3 Å². The highest BCUT2D eigenvalue weighted by Crippen LogP contribution is 2.08. The van der Waals surface area contributed by atoms with Crippen LogP contribution in [0.4, 0.5) is 4.79 Å².